The number of aliphatic hydroxyl groups is 2. The van der Waals surface area contributed by atoms with E-state index in [0.29, 0.717) is 18.3 Å². The first-order valence-electron chi connectivity index (χ1n) is 12.2. The van der Waals surface area contributed by atoms with Crippen molar-refractivity contribution in [2.45, 2.75) is 57.7 Å². The summed E-state index contributed by atoms with van der Waals surface area (Å²) in [5.74, 6) is 3.60. The van der Waals surface area contributed by atoms with E-state index in [-0.39, 0.29) is 12.0 Å². The molecule has 0 amide bonds. The first-order valence-corrected chi connectivity index (χ1v) is 13.3. The molecule has 1 heterocycles. The summed E-state index contributed by atoms with van der Waals surface area (Å²) in [6.07, 6.45) is 12.4. The standard InChI is InChI=1S/C27H39NO2S/c1-20-6-4-7-21(14-20)16-24(29)8-9-25-26-17-22(15-23(26)18-27(25)30)19-31-13-5-12-28-10-2-3-11-28/h4,6-9,14-15,23-27,29-30H,2-3,5,10-13,16-19H2,1H3/b9-8+/t23-,24+,25+,26-,27+/m0/s1. The minimum atomic E-state index is -0.493. The quantitative estimate of drug-likeness (QED) is 0.411. The van der Waals surface area contributed by atoms with Crippen molar-refractivity contribution in [3.05, 3.63) is 59.2 Å². The normalized spacial score (nSPS) is 29.6. The van der Waals surface area contributed by atoms with E-state index in [9.17, 15) is 10.2 Å². The number of nitrogens with zero attached hydrogens (tertiary/aromatic N) is 1. The van der Waals surface area contributed by atoms with Gasteiger partial charge in [0.15, 0.2) is 0 Å². The number of aryl methyl sites for hydroxylation is 1. The molecular formula is C27H39NO2S. The van der Waals surface area contributed by atoms with Crippen molar-refractivity contribution in [3.63, 3.8) is 0 Å². The summed E-state index contributed by atoms with van der Waals surface area (Å²) in [6.45, 7) is 5.95. The third-order valence-corrected chi connectivity index (χ3v) is 8.43. The van der Waals surface area contributed by atoms with Crippen LogP contribution >= 0.6 is 11.8 Å². The Hall–Kier alpha value is -1.07. The zero-order chi connectivity index (χ0) is 21.6. The average Bonchev–Trinajstić information content (AvgIpc) is 3.43. The summed E-state index contributed by atoms with van der Waals surface area (Å²) in [5.41, 5.74) is 3.96. The molecule has 0 radical (unpaired) electrons. The van der Waals surface area contributed by atoms with Crippen LogP contribution in [0.1, 0.15) is 43.2 Å². The maximum atomic E-state index is 10.6. The molecule has 4 rings (SSSR count). The summed E-state index contributed by atoms with van der Waals surface area (Å²) < 4.78 is 0. The van der Waals surface area contributed by atoms with Crippen molar-refractivity contribution >= 4 is 11.8 Å². The lowest BCUT2D eigenvalue weighted by Crippen LogP contribution is -2.20. The van der Waals surface area contributed by atoms with E-state index in [1.807, 2.05) is 12.1 Å². The summed E-state index contributed by atoms with van der Waals surface area (Å²) in [6, 6.07) is 8.33. The highest BCUT2D eigenvalue weighted by atomic mass is 32.2. The number of rotatable bonds is 10. The van der Waals surface area contributed by atoms with Crippen molar-refractivity contribution in [2.75, 3.05) is 31.1 Å². The smallest absolute Gasteiger partial charge is 0.0761 e. The Balaban J connectivity index is 1.20. The fraction of sp³-hybridized carbons (Fsp3) is 0.630. The van der Waals surface area contributed by atoms with Gasteiger partial charge >= 0.3 is 0 Å². The highest BCUT2D eigenvalue weighted by Gasteiger charge is 2.43. The summed E-state index contributed by atoms with van der Waals surface area (Å²) in [7, 11) is 0. The third kappa shape index (κ3) is 6.47. The van der Waals surface area contributed by atoms with Crippen molar-refractivity contribution in [2.24, 2.45) is 17.8 Å². The molecule has 4 heteroatoms. The number of allylic oxidation sites excluding steroid dienone is 1. The Morgan fingerprint density at radius 1 is 1.26 bits per heavy atom. The molecule has 0 unspecified atom stereocenters. The van der Waals surface area contributed by atoms with Crippen LogP contribution in [0.2, 0.25) is 0 Å². The Kier molecular flexibility index (Phi) is 8.33. The predicted molar refractivity (Wildman–Crippen MR) is 131 cm³/mol. The Morgan fingerprint density at radius 2 is 2.10 bits per heavy atom. The molecule has 2 aliphatic carbocycles. The van der Waals surface area contributed by atoms with Crippen LogP contribution in [-0.4, -0.2) is 58.5 Å². The number of benzene rings is 1. The molecule has 1 saturated carbocycles. The lowest BCUT2D eigenvalue weighted by atomic mass is 9.89. The van der Waals surface area contributed by atoms with Gasteiger partial charge in [0, 0.05) is 18.1 Å². The molecule has 170 valence electrons. The van der Waals surface area contributed by atoms with Gasteiger partial charge < -0.3 is 15.1 Å². The largest absolute Gasteiger partial charge is 0.392 e. The number of thioether (sulfide) groups is 1. The zero-order valence-electron chi connectivity index (χ0n) is 19.0. The average molecular weight is 442 g/mol. The van der Waals surface area contributed by atoms with Gasteiger partial charge in [0.2, 0.25) is 0 Å². The van der Waals surface area contributed by atoms with Gasteiger partial charge in [-0.25, -0.2) is 0 Å². The molecule has 3 aliphatic rings. The van der Waals surface area contributed by atoms with Crippen LogP contribution < -0.4 is 0 Å². The summed E-state index contributed by atoms with van der Waals surface area (Å²) in [5, 5.41) is 21.1. The van der Waals surface area contributed by atoms with Gasteiger partial charge in [0.05, 0.1) is 12.2 Å². The second kappa shape index (κ2) is 11.2. The van der Waals surface area contributed by atoms with Crippen molar-refractivity contribution in [1.82, 2.24) is 4.90 Å². The molecule has 2 N–H and O–H groups in total. The van der Waals surface area contributed by atoms with Crippen molar-refractivity contribution in [3.8, 4) is 0 Å². The zero-order valence-corrected chi connectivity index (χ0v) is 19.8. The molecule has 0 bridgehead atoms. The molecule has 0 aromatic heterocycles. The minimum Gasteiger partial charge on any atom is -0.392 e. The topological polar surface area (TPSA) is 43.7 Å². The first kappa shape index (κ1) is 23.1. The van der Waals surface area contributed by atoms with Gasteiger partial charge in [0.1, 0.15) is 0 Å². The van der Waals surface area contributed by atoms with Crippen LogP contribution in [0.4, 0.5) is 0 Å². The minimum absolute atomic E-state index is 0.172. The molecule has 1 aromatic carbocycles. The van der Waals surface area contributed by atoms with Crippen LogP contribution in [-0.2, 0) is 6.42 Å². The number of aliphatic hydroxyl groups excluding tert-OH is 2. The van der Waals surface area contributed by atoms with Crippen molar-refractivity contribution in [1.29, 1.82) is 0 Å². The van der Waals surface area contributed by atoms with E-state index in [2.05, 4.69) is 53.9 Å². The van der Waals surface area contributed by atoms with E-state index in [1.165, 1.54) is 50.2 Å². The third-order valence-electron chi connectivity index (χ3n) is 7.28. The first-order chi connectivity index (χ1) is 15.1. The van der Waals surface area contributed by atoms with Crippen LogP contribution in [0.25, 0.3) is 0 Å². The number of hydrogen-bond acceptors (Lipinski definition) is 4. The summed E-state index contributed by atoms with van der Waals surface area (Å²) >= 11 is 2.08. The fourth-order valence-electron chi connectivity index (χ4n) is 5.72. The molecule has 31 heavy (non-hydrogen) atoms. The molecule has 1 aromatic rings. The Bertz CT molecular complexity index is 770. The van der Waals surface area contributed by atoms with Crippen LogP contribution in [0.15, 0.2) is 48.1 Å². The van der Waals surface area contributed by atoms with Gasteiger partial charge in [-0.3, -0.25) is 0 Å². The molecule has 2 fully saturated rings. The van der Waals surface area contributed by atoms with Gasteiger partial charge in [-0.2, -0.15) is 11.8 Å². The lowest BCUT2D eigenvalue weighted by molar-refractivity contribution is 0.140. The van der Waals surface area contributed by atoms with Crippen molar-refractivity contribution < 1.29 is 10.2 Å². The molecule has 3 nitrogen and oxygen atoms in total. The van der Waals surface area contributed by atoms with Gasteiger partial charge in [-0.15, -0.1) is 0 Å². The van der Waals surface area contributed by atoms with E-state index in [4.69, 9.17) is 0 Å². The maximum Gasteiger partial charge on any atom is 0.0761 e. The molecule has 5 atom stereocenters. The second-order valence-corrected chi connectivity index (χ2v) is 10.9. The lowest BCUT2D eigenvalue weighted by Gasteiger charge is -2.19. The van der Waals surface area contributed by atoms with Crippen LogP contribution in [0.3, 0.4) is 0 Å². The number of fused-ring (bicyclic) bond motifs is 1. The summed E-state index contributed by atoms with van der Waals surface area (Å²) in [4.78, 5) is 2.60. The Morgan fingerprint density at radius 3 is 2.90 bits per heavy atom. The Labute approximate surface area is 192 Å². The molecular weight excluding hydrogens is 402 g/mol. The van der Waals surface area contributed by atoms with E-state index in [0.717, 1.165) is 24.2 Å². The van der Waals surface area contributed by atoms with E-state index < -0.39 is 6.10 Å². The number of hydrogen-bond donors (Lipinski definition) is 2. The predicted octanol–water partition coefficient (Wildman–Crippen LogP) is 4.62. The monoisotopic (exact) mass is 441 g/mol. The van der Waals surface area contributed by atoms with Gasteiger partial charge in [0.25, 0.3) is 0 Å². The van der Waals surface area contributed by atoms with Gasteiger partial charge in [-0.1, -0.05) is 53.6 Å². The van der Waals surface area contributed by atoms with Crippen LogP contribution in [0.5, 0.6) is 0 Å². The maximum absolute atomic E-state index is 10.6. The molecule has 1 saturated heterocycles. The SMILES string of the molecule is Cc1cccc(C[C@H](O)/C=C/[C@@H]2[C@H]3CC(CSCCCN4CCCC4)=C[C@H]3C[C@H]2O)c1. The highest BCUT2D eigenvalue weighted by Crippen LogP contribution is 2.47. The second-order valence-electron chi connectivity index (χ2n) is 9.84. The van der Waals surface area contributed by atoms with E-state index >= 15 is 0 Å². The fourth-order valence-corrected chi connectivity index (χ4v) is 6.67. The molecule has 1 aliphatic heterocycles. The van der Waals surface area contributed by atoms with E-state index in [1.54, 1.807) is 5.57 Å². The highest BCUT2D eigenvalue weighted by molar-refractivity contribution is 7.99. The number of likely N-dealkylation sites (tertiary alicyclic amines) is 1. The molecule has 0 spiro atoms. The van der Waals surface area contributed by atoms with Gasteiger partial charge in [-0.05, 0) is 81.8 Å². The van der Waals surface area contributed by atoms with Crippen LogP contribution in [0, 0.1) is 24.7 Å².